The summed E-state index contributed by atoms with van der Waals surface area (Å²) >= 11 is 0. The fraction of sp³-hybridized carbons (Fsp3) is 0.941. The molecular weight excluding hydrogens is 709 g/mol. The molecule has 0 heterocycles. The van der Waals surface area contributed by atoms with Gasteiger partial charge in [-0.2, -0.15) is 0 Å². The largest absolute Gasteiger partial charge is 0.462 e. The van der Waals surface area contributed by atoms with Crippen LogP contribution >= 0.6 is 0 Å². The molecule has 0 aliphatic heterocycles. The van der Waals surface area contributed by atoms with Crippen molar-refractivity contribution in [3.05, 3.63) is 0 Å². The summed E-state index contributed by atoms with van der Waals surface area (Å²) in [5, 5.41) is 0. The highest BCUT2D eigenvalue weighted by molar-refractivity contribution is 5.71. The second kappa shape index (κ2) is 44.0. The van der Waals surface area contributed by atoms with Gasteiger partial charge in [-0.1, -0.05) is 240 Å². The van der Waals surface area contributed by atoms with E-state index in [1.54, 1.807) is 0 Å². The summed E-state index contributed by atoms with van der Waals surface area (Å²) in [5.74, 6) is 0.752. The second-order valence-corrected chi connectivity index (χ2v) is 18.4. The maximum atomic E-state index is 12.7. The summed E-state index contributed by atoms with van der Waals surface area (Å²) in [5.41, 5.74) is 0. The fourth-order valence-electron chi connectivity index (χ4n) is 7.64. The molecule has 0 unspecified atom stereocenters. The van der Waals surface area contributed by atoms with Crippen LogP contribution in [0.2, 0.25) is 0 Å². The van der Waals surface area contributed by atoms with E-state index in [1.807, 2.05) is 0 Å². The molecule has 0 aliphatic rings. The average molecular weight is 807 g/mol. The van der Waals surface area contributed by atoms with Gasteiger partial charge in [0.25, 0.3) is 0 Å². The third-order valence-corrected chi connectivity index (χ3v) is 11.5. The van der Waals surface area contributed by atoms with Gasteiger partial charge in [0.1, 0.15) is 13.2 Å². The number of ether oxygens (including phenoxy) is 3. The van der Waals surface area contributed by atoms with Crippen LogP contribution in [0.5, 0.6) is 0 Å². The van der Waals surface area contributed by atoms with Crippen LogP contribution in [0.3, 0.4) is 0 Å². The lowest BCUT2D eigenvalue weighted by atomic mass is 10.0. The molecule has 1 atom stereocenters. The number of esters is 3. The molecule has 0 radical (unpaired) electrons. The van der Waals surface area contributed by atoms with E-state index >= 15 is 0 Å². The Hall–Kier alpha value is -1.59. The predicted octanol–water partition coefficient (Wildman–Crippen LogP) is 16.1. The number of hydrogen-bond donors (Lipinski definition) is 0. The van der Waals surface area contributed by atoms with Gasteiger partial charge in [-0.25, -0.2) is 0 Å². The normalized spacial score (nSPS) is 12.1. The van der Waals surface area contributed by atoms with Crippen LogP contribution in [-0.2, 0) is 28.6 Å². The zero-order chi connectivity index (χ0) is 41.9. The lowest BCUT2D eigenvalue weighted by Crippen LogP contribution is -2.30. The van der Waals surface area contributed by atoms with Crippen molar-refractivity contribution >= 4 is 17.9 Å². The molecule has 0 aliphatic carbocycles. The quantitative estimate of drug-likeness (QED) is 0.0346. The first-order valence-corrected chi connectivity index (χ1v) is 25.2. The smallest absolute Gasteiger partial charge is 0.306 e. The maximum absolute atomic E-state index is 12.7. The number of unbranched alkanes of at least 4 members (excludes halogenated alkanes) is 30. The third-order valence-electron chi connectivity index (χ3n) is 11.5. The standard InChI is InChI=1S/C51H98O6/c1-6-7-8-9-10-11-12-13-14-15-18-21-26-31-36-41-49(52)55-44-48(57-51(54)43-38-33-28-23-25-30-35-40-47(4)5)45-56-50(53)42-37-32-27-22-19-16-17-20-24-29-34-39-46(2)3/h46-48H,6-45H2,1-5H3/t48-/m0/s1. The van der Waals surface area contributed by atoms with Crippen LogP contribution < -0.4 is 0 Å². The van der Waals surface area contributed by atoms with Crippen molar-refractivity contribution in [2.24, 2.45) is 11.8 Å². The molecule has 0 aromatic carbocycles. The number of rotatable bonds is 45. The van der Waals surface area contributed by atoms with Gasteiger partial charge >= 0.3 is 17.9 Å². The van der Waals surface area contributed by atoms with Crippen LogP contribution in [0, 0.1) is 11.8 Å². The molecule has 0 saturated heterocycles. The van der Waals surface area contributed by atoms with Crippen molar-refractivity contribution in [3.8, 4) is 0 Å². The molecule has 0 spiro atoms. The maximum Gasteiger partial charge on any atom is 0.306 e. The summed E-state index contributed by atoms with van der Waals surface area (Å²) in [6.07, 6.45) is 43.8. The molecule has 0 aromatic rings. The average Bonchev–Trinajstić information content (AvgIpc) is 3.18. The van der Waals surface area contributed by atoms with Gasteiger partial charge < -0.3 is 14.2 Å². The van der Waals surface area contributed by atoms with Crippen molar-refractivity contribution in [1.29, 1.82) is 0 Å². The molecule has 6 heteroatoms. The first-order valence-electron chi connectivity index (χ1n) is 25.2. The topological polar surface area (TPSA) is 78.9 Å². The lowest BCUT2D eigenvalue weighted by molar-refractivity contribution is -0.167. The monoisotopic (exact) mass is 807 g/mol. The highest BCUT2D eigenvalue weighted by Gasteiger charge is 2.19. The first kappa shape index (κ1) is 55.4. The minimum absolute atomic E-state index is 0.0646. The van der Waals surface area contributed by atoms with Gasteiger partial charge in [0.15, 0.2) is 6.10 Å². The van der Waals surface area contributed by atoms with Gasteiger partial charge in [-0.3, -0.25) is 14.4 Å². The summed E-state index contributed by atoms with van der Waals surface area (Å²) in [7, 11) is 0. The SMILES string of the molecule is CCCCCCCCCCCCCCCCCC(=O)OC[C@@H](COC(=O)CCCCCCCCCCCCCC(C)C)OC(=O)CCCCCCCCCC(C)C. The Kier molecular flexibility index (Phi) is 42.7. The summed E-state index contributed by atoms with van der Waals surface area (Å²) < 4.78 is 16.8. The Morgan fingerprint density at radius 3 is 0.860 bits per heavy atom. The zero-order valence-electron chi connectivity index (χ0n) is 39.0. The van der Waals surface area contributed by atoms with E-state index in [0.29, 0.717) is 19.3 Å². The molecule has 0 saturated carbocycles. The van der Waals surface area contributed by atoms with E-state index in [0.717, 1.165) is 69.6 Å². The van der Waals surface area contributed by atoms with Gasteiger partial charge in [0.2, 0.25) is 0 Å². The highest BCUT2D eigenvalue weighted by Crippen LogP contribution is 2.17. The molecular formula is C51H98O6. The second-order valence-electron chi connectivity index (χ2n) is 18.4. The van der Waals surface area contributed by atoms with Crippen molar-refractivity contribution in [1.82, 2.24) is 0 Å². The lowest BCUT2D eigenvalue weighted by Gasteiger charge is -2.18. The molecule has 0 fully saturated rings. The molecule has 0 bridgehead atoms. The van der Waals surface area contributed by atoms with Crippen LogP contribution in [0.1, 0.15) is 279 Å². The van der Waals surface area contributed by atoms with Gasteiger partial charge in [-0.05, 0) is 31.1 Å². The summed E-state index contributed by atoms with van der Waals surface area (Å²) in [6.45, 7) is 11.3. The third kappa shape index (κ3) is 45.3. The number of hydrogen-bond acceptors (Lipinski definition) is 6. The minimum Gasteiger partial charge on any atom is -0.462 e. The Labute approximate surface area is 355 Å². The van der Waals surface area contributed by atoms with Gasteiger partial charge in [-0.15, -0.1) is 0 Å². The number of carbonyl (C=O) groups excluding carboxylic acids is 3. The molecule has 0 aromatic heterocycles. The Bertz CT molecular complexity index is 870. The summed E-state index contributed by atoms with van der Waals surface area (Å²) in [6, 6.07) is 0. The Morgan fingerprint density at radius 1 is 0.333 bits per heavy atom. The van der Waals surface area contributed by atoms with Crippen LogP contribution in [0.4, 0.5) is 0 Å². The van der Waals surface area contributed by atoms with E-state index in [9.17, 15) is 14.4 Å². The Morgan fingerprint density at radius 2 is 0.579 bits per heavy atom. The van der Waals surface area contributed by atoms with Gasteiger partial charge in [0.05, 0.1) is 0 Å². The van der Waals surface area contributed by atoms with E-state index < -0.39 is 6.10 Å². The van der Waals surface area contributed by atoms with E-state index in [4.69, 9.17) is 14.2 Å². The fourth-order valence-corrected chi connectivity index (χ4v) is 7.64. The molecule has 6 nitrogen and oxygen atoms in total. The molecule has 338 valence electrons. The highest BCUT2D eigenvalue weighted by atomic mass is 16.6. The van der Waals surface area contributed by atoms with E-state index in [-0.39, 0.29) is 31.1 Å². The van der Waals surface area contributed by atoms with Crippen molar-refractivity contribution in [3.63, 3.8) is 0 Å². The van der Waals surface area contributed by atoms with Crippen LogP contribution in [0.15, 0.2) is 0 Å². The van der Waals surface area contributed by atoms with Crippen LogP contribution in [-0.4, -0.2) is 37.2 Å². The van der Waals surface area contributed by atoms with Crippen molar-refractivity contribution in [2.75, 3.05) is 13.2 Å². The zero-order valence-corrected chi connectivity index (χ0v) is 39.0. The Balaban J connectivity index is 4.28. The van der Waals surface area contributed by atoms with E-state index in [2.05, 4.69) is 34.6 Å². The molecule has 57 heavy (non-hydrogen) atoms. The predicted molar refractivity (Wildman–Crippen MR) is 243 cm³/mol. The van der Waals surface area contributed by atoms with Crippen LogP contribution in [0.25, 0.3) is 0 Å². The number of carbonyl (C=O) groups is 3. The molecule has 0 N–H and O–H groups in total. The van der Waals surface area contributed by atoms with E-state index in [1.165, 1.54) is 167 Å². The minimum atomic E-state index is -0.761. The molecule has 0 amide bonds. The molecule has 0 rings (SSSR count). The van der Waals surface area contributed by atoms with Crippen molar-refractivity contribution < 1.29 is 28.6 Å². The summed E-state index contributed by atoms with van der Waals surface area (Å²) in [4.78, 5) is 37.9. The van der Waals surface area contributed by atoms with Gasteiger partial charge in [0, 0.05) is 19.3 Å². The van der Waals surface area contributed by atoms with Crippen molar-refractivity contribution in [2.45, 2.75) is 285 Å². The first-order chi connectivity index (χ1) is 27.7.